The van der Waals surface area contributed by atoms with Crippen molar-refractivity contribution in [2.75, 3.05) is 29.4 Å². The summed E-state index contributed by atoms with van der Waals surface area (Å²) in [4.78, 5) is 6.94. The summed E-state index contributed by atoms with van der Waals surface area (Å²) in [5.74, 6) is 0.513. The van der Waals surface area contributed by atoms with Crippen LogP contribution in [0.25, 0.3) is 11.3 Å². The number of hydrogen-bond acceptors (Lipinski definition) is 5. The third kappa shape index (κ3) is 5.21. The number of hydrogen-bond donors (Lipinski definition) is 2. The first kappa shape index (κ1) is 20.6. The molecule has 0 saturated carbocycles. The van der Waals surface area contributed by atoms with E-state index in [1.807, 2.05) is 45.0 Å². The molecule has 152 valence electrons. The Balaban J connectivity index is 2.09. The second kappa shape index (κ2) is 8.46. The zero-order chi connectivity index (χ0) is 20.3. The molecule has 0 bridgehead atoms. The number of anilines is 2. The average Bonchev–Trinajstić information content (AvgIpc) is 2.60. The minimum absolute atomic E-state index is 0.227. The lowest BCUT2D eigenvalue weighted by Crippen LogP contribution is -2.43. The third-order valence-corrected chi connectivity index (χ3v) is 4.69. The van der Waals surface area contributed by atoms with E-state index in [1.54, 1.807) is 12.1 Å². The molecule has 1 aliphatic rings. The van der Waals surface area contributed by atoms with Crippen LogP contribution in [0, 0.1) is 0 Å². The van der Waals surface area contributed by atoms with Crippen LogP contribution in [0.2, 0.25) is 0 Å². The van der Waals surface area contributed by atoms with Gasteiger partial charge in [-0.05, 0) is 39.8 Å². The molecule has 2 heterocycles. The van der Waals surface area contributed by atoms with E-state index >= 15 is 0 Å². The van der Waals surface area contributed by atoms with Crippen LogP contribution in [0.15, 0.2) is 36.4 Å². The minimum atomic E-state index is -2.17. The van der Waals surface area contributed by atoms with E-state index in [4.69, 9.17) is 9.47 Å². The van der Waals surface area contributed by atoms with Gasteiger partial charge in [0.15, 0.2) is 0 Å². The van der Waals surface area contributed by atoms with E-state index in [1.165, 1.54) is 0 Å². The largest absolute Gasteiger partial charge is 0.472 e. The first-order valence-corrected chi connectivity index (χ1v) is 10.4. The fourth-order valence-electron chi connectivity index (χ4n) is 3.16. The van der Waals surface area contributed by atoms with Crippen LogP contribution < -0.4 is 14.4 Å². The lowest BCUT2D eigenvalue weighted by atomic mass is 10.1. The number of aromatic nitrogens is 1. The van der Waals surface area contributed by atoms with E-state index in [-0.39, 0.29) is 6.04 Å². The predicted octanol–water partition coefficient (Wildman–Crippen LogP) is 3.70. The van der Waals surface area contributed by atoms with Gasteiger partial charge in [-0.2, -0.15) is 0 Å². The first-order chi connectivity index (χ1) is 13.2. The minimum Gasteiger partial charge on any atom is -0.472 e. The fraction of sp³-hybridized carbons (Fsp3) is 0.450. The van der Waals surface area contributed by atoms with E-state index < -0.39 is 16.9 Å². The zero-order valence-electron chi connectivity index (χ0n) is 16.6. The number of rotatable bonds is 5. The standard InChI is InChI=1S/C20H27N3O4S/c1-14-13-26-10-9-23(14)15-11-18(21-19(12-15)27-20(2,3)4)16-7-5-6-8-17(16)22-28(24)25/h5-8,11-12,14,22H,9-10,13H2,1-4H3,(H,24,25)/t14-/m1/s1. The van der Waals surface area contributed by atoms with Crippen LogP contribution in [0.5, 0.6) is 5.88 Å². The van der Waals surface area contributed by atoms with Crippen LogP contribution in [0.1, 0.15) is 27.7 Å². The van der Waals surface area contributed by atoms with Crippen LogP contribution in [-0.2, 0) is 16.0 Å². The van der Waals surface area contributed by atoms with Crippen LogP contribution in [0.4, 0.5) is 11.4 Å². The molecule has 1 unspecified atom stereocenters. The smallest absolute Gasteiger partial charge is 0.259 e. The Kier molecular flexibility index (Phi) is 6.22. The number of nitrogens with zero attached hydrogens (tertiary/aromatic N) is 2. The summed E-state index contributed by atoms with van der Waals surface area (Å²) in [5, 5.41) is 0. The number of benzene rings is 1. The normalized spacial score (nSPS) is 18.6. The summed E-state index contributed by atoms with van der Waals surface area (Å²) in [6.45, 7) is 10.1. The maximum absolute atomic E-state index is 11.3. The lowest BCUT2D eigenvalue weighted by molar-refractivity contribution is 0.0986. The van der Waals surface area contributed by atoms with E-state index in [2.05, 4.69) is 21.5 Å². The number of morpholine rings is 1. The van der Waals surface area contributed by atoms with Crippen LogP contribution in [0.3, 0.4) is 0 Å². The monoisotopic (exact) mass is 405 g/mol. The van der Waals surface area contributed by atoms with Crippen molar-refractivity contribution in [1.29, 1.82) is 0 Å². The maximum Gasteiger partial charge on any atom is 0.259 e. The molecule has 0 aliphatic carbocycles. The van der Waals surface area contributed by atoms with Crippen molar-refractivity contribution >= 4 is 22.6 Å². The third-order valence-electron chi connectivity index (χ3n) is 4.30. The Bertz CT molecular complexity index is 854. The first-order valence-electron chi connectivity index (χ1n) is 9.25. The molecular formula is C20H27N3O4S. The number of pyridine rings is 1. The molecule has 1 aromatic carbocycles. The van der Waals surface area contributed by atoms with Crippen molar-refractivity contribution < 1.29 is 18.2 Å². The lowest BCUT2D eigenvalue weighted by Gasteiger charge is -2.35. The Morgan fingerprint density at radius 1 is 1.32 bits per heavy atom. The maximum atomic E-state index is 11.3. The van der Waals surface area contributed by atoms with Crippen molar-refractivity contribution in [3.05, 3.63) is 36.4 Å². The second-order valence-electron chi connectivity index (χ2n) is 7.78. The van der Waals surface area contributed by atoms with E-state index in [0.717, 1.165) is 17.8 Å². The highest BCUT2D eigenvalue weighted by Crippen LogP contribution is 2.34. The summed E-state index contributed by atoms with van der Waals surface area (Å²) < 4.78 is 34.7. The molecule has 3 rings (SSSR count). The molecule has 0 radical (unpaired) electrons. The average molecular weight is 406 g/mol. The number of nitrogens with one attached hydrogen (secondary N) is 1. The topological polar surface area (TPSA) is 83.9 Å². The van der Waals surface area contributed by atoms with Crippen molar-refractivity contribution in [1.82, 2.24) is 4.98 Å². The number of ether oxygens (including phenoxy) is 2. The molecule has 1 fully saturated rings. The van der Waals surface area contributed by atoms with Gasteiger partial charge in [-0.1, -0.05) is 18.2 Å². The van der Waals surface area contributed by atoms with Gasteiger partial charge >= 0.3 is 0 Å². The summed E-state index contributed by atoms with van der Waals surface area (Å²) in [6, 6.07) is 11.4. The Morgan fingerprint density at radius 2 is 2.07 bits per heavy atom. The van der Waals surface area contributed by atoms with Gasteiger partial charge in [-0.15, -0.1) is 0 Å². The van der Waals surface area contributed by atoms with Crippen molar-refractivity contribution in [2.45, 2.75) is 39.3 Å². The van der Waals surface area contributed by atoms with Gasteiger partial charge in [0.1, 0.15) is 5.60 Å². The van der Waals surface area contributed by atoms with Gasteiger partial charge in [-0.3, -0.25) is 9.27 Å². The summed E-state index contributed by atoms with van der Waals surface area (Å²) in [6.07, 6.45) is 0. The highest BCUT2D eigenvalue weighted by molar-refractivity contribution is 7.80. The molecule has 8 heteroatoms. The molecular weight excluding hydrogens is 378 g/mol. The SMILES string of the molecule is C[C@@H]1COCCN1c1cc(OC(C)(C)C)nc(-c2ccccc2NS(=O)O)c1. The summed E-state index contributed by atoms with van der Waals surface area (Å²) in [7, 11) is 0. The quantitative estimate of drug-likeness (QED) is 0.738. The van der Waals surface area contributed by atoms with Gasteiger partial charge in [0, 0.05) is 29.9 Å². The van der Waals surface area contributed by atoms with Gasteiger partial charge < -0.3 is 14.4 Å². The second-order valence-corrected chi connectivity index (χ2v) is 8.48. The Hall–Kier alpha value is -2.16. The molecule has 2 aromatic rings. The van der Waals surface area contributed by atoms with Gasteiger partial charge in [-0.25, -0.2) is 9.19 Å². The zero-order valence-corrected chi connectivity index (χ0v) is 17.5. The molecule has 0 spiro atoms. The summed E-state index contributed by atoms with van der Waals surface area (Å²) in [5.41, 5.74) is 2.52. The molecule has 0 amide bonds. The highest BCUT2D eigenvalue weighted by atomic mass is 32.2. The molecule has 1 aromatic heterocycles. The van der Waals surface area contributed by atoms with E-state index in [9.17, 15) is 8.76 Å². The molecule has 28 heavy (non-hydrogen) atoms. The van der Waals surface area contributed by atoms with Gasteiger partial charge in [0.2, 0.25) is 5.88 Å². The molecule has 2 N–H and O–H groups in total. The Labute approximate surface area is 168 Å². The predicted molar refractivity (Wildman–Crippen MR) is 112 cm³/mol. The van der Waals surface area contributed by atoms with Crippen molar-refractivity contribution in [2.24, 2.45) is 0 Å². The number of para-hydroxylation sites is 1. The van der Waals surface area contributed by atoms with Crippen molar-refractivity contribution in [3.63, 3.8) is 0 Å². The van der Waals surface area contributed by atoms with Crippen LogP contribution in [-0.4, -0.2) is 45.1 Å². The van der Waals surface area contributed by atoms with Crippen molar-refractivity contribution in [3.8, 4) is 17.1 Å². The summed E-state index contributed by atoms with van der Waals surface area (Å²) >= 11 is -2.17. The van der Waals surface area contributed by atoms with Crippen LogP contribution >= 0.6 is 0 Å². The molecule has 1 aliphatic heterocycles. The molecule has 1 saturated heterocycles. The van der Waals surface area contributed by atoms with Gasteiger partial charge in [0.25, 0.3) is 11.3 Å². The van der Waals surface area contributed by atoms with E-state index in [0.29, 0.717) is 30.5 Å². The fourth-order valence-corrected chi connectivity index (χ4v) is 3.53. The molecule has 2 atom stereocenters. The highest BCUT2D eigenvalue weighted by Gasteiger charge is 2.23. The van der Waals surface area contributed by atoms with Gasteiger partial charge in [0.05, 0.1) is 24.6 Å². The molecule has 7 nitrogen and oxygen atoms in total. The Morgan fingerprint density at radius 3 is 2.75 bits per heavy atom.